The van der Waals surface area contributed by atoms with Crippen molar-refractivity contribution in [2.75, 3.05) is 5.32 Å². The summed E-state index contributed by atoms with van der Waals surface area (Å²) in [5, 5.41) is 4.20. The summed E-state index contributed by atoms with van der Waals surface area (Å²) in [5.74, 6) is 0.661. The summed E-state index contributed by atoms with van der Waals surface area (Å²) in [7, 11) is 0. The number of anilines is 2. The smallest absolute Gasteiger partial charge is 0.218 e. The summed E-state index contributed by atoms with van der Waals surface area (Å²) in [5.41, 5.74) is 3.76. The highest BCUT2D eigenvalue weighted by Gasteiger charge is 2.12. The molecule has 0 fully saturated rings. The van der Waals surface area contributed by atoms with E-state index < -0.39 is 0 Å². The molecular weight excluding hydrogens is 320 g/mol. The molecule has 3 aromatic heterocycles. The van der Waals surface area contributed by atoms with Gasteiger partial charge in [-0.25, -0.2) is 9.97 Å². The number of nitrogens with one attached hydrogen (secondary N) is 1. The second kappa shape index (κ2) is 6.97. The van der Waals surface area contributed by atoms with E-state index in [9.17, 15) is 0 Å². The molecule has 0 amide bonds. The van der Waals surface area contributed by atoms with Crippen LogP contribution in [0.2, 0.25) is 0 Å². The molecule has 124 valence electrons. The number of thiazole rings is 1. The van der Waals surface area contributed by atoms with Crippen molar-refractivity contribution in [1.82, 2.24) is 15.0 Å². The van der Waals surface area contributed by atoms with Gasteiger partial charge in [-0.05, 0) is 45.9 Å². The Kier molecular flexibility index (Phi) is 4.76. The fourth-order valence-electron chi connectivity index (χ4n) is 2.25. The van der Waals surface area contributed by atoms with Gasteiger partial charge in [0.1, 0.15) is 0 Å². The van der Waals surface area contributed by atoms with Crippen molar-refractivity contribution in [3.05, 3.63) is 47.9 Å². The van der Waals surface area contributed by atoms with E-state index in [4.69, 9.17) is 4.74 Å². The number of hydrogen-bond acceptors (Lipinski definition) is 6. The molecular formula is C18H20N4OS. The minimum Gasteiger partial charge on any atom is -0.475 e. The number of rotatable bonds is 5. The second-order valence-corrected chi connectivity index (χ2v) is 6.81. The molecule has 6 heteroatoms. The topological polar surface area (TPSA) is 59.9 Å². The largest absolute Gasteiger partial charge is 0.475 e. The van der Waals surface area contributed by atoms with Crippen molar-refractivity contribution in [2.45, 2.75) is 33.8 Å². The van der Waals surface area contributed by atoms with Crippen LogP contribution in [0.5, 0.6) is 5.88 Å². The Morgan fingerprint density at radius 3 is 2.71 bits per heavy atom. The number of nitrogens with zero attached hydrogens (tertiary/aromatic N) is 3. The lowest BCUT2D eigenvalue weighted by Gasteiger charge is -2.15. The molecule has 0 aliphatic carbocycles. The monoisotopic (exact) mass is 340 g/mol. The van der Waals surface area contributed by atoms with Gasteiger partial charge in [-0.3, -0.25) is 4.98 Å². The Labute approximate surface area is 145 Å². The van der Waals surface area contributed by atoms with E-state index >= 15 is 0 Å². The maximum Gasteiger partial charge on any atom is 0.218 e. The summed E-state index contributed by atoms with van der Waals surface area (Å²) in [6, 6.07) is 7.86. The van der Waals surface area contributed by atoms with Gasteiger partial charge in [0, 0.05) is 23.7 Å². The molecule has 3 rings (SSSR count). The molecule has 0 aliphatic heterocycles. The van der Waals surface area contributed by atoms with Crippen LogP contribution in [0.15, 0.2) is 36.7 Å². The quantitative estimate of drug-likeness (QED) is 0.726. The van der Waals surface area contributed by atoms with Gasteiger partial charge < -0.3 is 10.1 Å². The van der Waals surface area contributed by atoms with Crippen LogP contribution in [0.25, 0.3) is 10.6 Å². The second-order valence-electron chi connectivity index (χ2n) is 5.78. The third-order valence-electron chi connectivity index (χ3n) is 3.37. The van der Waals surface area contributed by atoms with Crippen molar-refractivity contribution in [1.29, 1.82) is 0 Å². The van der Waals surface area contributed by atoms with Gasteiger partial charge in [-0.1, -0.05) is 17.4 Å². The first-order valence-corrected chi connectivity index (χ1v) is 8.63. The number of aromatic nitrogens is 3. The van der Waals surface area contributed by atoms with Crippen LogP contribution in [0, 0.1) is 13.8 Å². The molecule has 0 aliphatic rings. The molecule has 0 atom stereocenters. The van der Waals surface area contributed by atoms with Gasteiger partial charge in [-0.2, -0.15) is 0 Å². The molecule has 0 saturated heterocycles. The van der Waals surface area contributed by atoms with Crippen LogP contribution in [-0.2, 0) is 0 Å². The third kappa shape index (κ3) is 3.71. The van der Waals surface area contributed by atoms with Crippen LogP contribution in [0.4, 0.5) is 10.8 Å². The van der Waals surface area contributed by atoms with Crippen molar-refractivity contribution in [3.63, 3.8) is 0 Å². The zero-order chi connectivity index (χ0) is 17.1. The number of aryl methyl sites for hydroxylation is 1. The summed E-state index contributed by atoms with van der Waals surface area (Å²) in [4.78, 5) is 14.3. The lowest BCUT2D eigenvalue weighted by atomic mass is 10.2. The van der Waals surface area contributed by atoms with Crippen molar-refractivity contribution < 1.29 is 4.74 Å². The van der Waals surface area contributed by atoms with E-state index in [-0.39, 0.29) is 6.10 Å². The Morgan fingerprint density at radius 2 is 2.00 bits per heavy atom. The van der Waals surface area contributed by atoms with Crippen LogP contribution in [0.1, 0.15) is 25.1 Å². The highest BCUT2D eigenvalue weighted by molar-refractivity contribution is 7.18. The Hall–Kier alpha value is -2.47. The third-order valence-corrected chi connectivity index (χ3v) is 4.30. The molecule has 3 heterocycles. The van der Waals surface area contributed by atoms with Crippen LogP contribution in [-0.4, -0.2) is 21.1 Å². The fourth-order valence-corrected chi connectivity index (χ4v) is 3.06. The minimum absolute atomic E-state index is 0.0847. The highest BCUT2D eigenvalue weighted by atomic mass is 32.1. The average Bonchev–Trinajstić information content (AvgIpc) is 3.01. The van der Waals surface area contributed by atoms with E-state index in [0.29, 0.717) is 5.88 Å². The Morgan fingerprint density at radius 1 is 1.17 bits per heavy atom. The van der Waals surface area contributed by atoms with Gasteiger partial charge >= 0.3 is 0 Å². The van der Waals surface area contributed by atoms with E-state index in [2.05, 4.69) is 20.3 Å². The van der Waals surface area contributed by atoms with Gasteiger partial charge in [0.25, 0.3) is 0 Å². The predicted molar refractivity (Wildman–Crippen MR) is 98.1 cm³/mol. The van der Waals surface area contributed by atoms with Crippen molar-refractivity contribution in [2.24, 2.45) is 0 Å². The fraction of sp³-hybridized carbons (Fsp3) is 0.278. The van der Waals surface area contributed by atoms with Gasteiger partial charge in [0.05, 0.1) is 22.4 Å². The summed E-state index contributed by atoms with van der Waals surface area (Å²) >= 11 is 1.57. The van der Waals surface area contributed by atoms with E-state index in [1.165, 1.54) is 0 Å². The highest BCUT2D eigenvalue weighted by Crippen LogP contribution is 2.32. The molecule has 0 bridgehead atoms. The minimum atomic E-state index is 0.0847. The first-order valence-electron chi connectivity index (χ1n) is 7.82. The SMILES string of the molecule is Cc1cc(Nc2ncc(-c3ccccn3)s2)c(C)c(OC(C)C)n1. The standard InChI is InChI=1S/C18H20N4OS/c1-11(2)23-17-13(4)15(9-12(3)21-17)22-18-20-10-16(24-18)14-7-5-6-8-19-14/h5-11H,1-4H3,(H,20,21,22). The predicted octanol–water partition coefficient (Wildman–Crippen LogP) is 4.75. The molecule has 0 radical (unpaired) electrons. The van der Waals surface area contributed by atoms with Crippen molar-refractivity contribution >= 4 is 22.2 Å². The molecule has 1 N–H and O–H groups in total. The normalized spacial score (nSPS) is 10.9. The Balaban J connectivity index is 1.86. The summed E-state index contributed by atoms with van der Waals surface area (Å²) < 4.78 is 5.80. The van der Waals surface area contributed by atoms with Gasteiger partial charge in [-0.15, -0.1) is 0 Å². The molecule has 5 nitrogen and oxygen atoms in total. The molecule has 0 unspecified atom stereocenters. The molecule has 3 aromatic rings. The van der Waals surface area contributed by atoms with Crippen LogP contribution in [0.3, 0.4) is 0 Å². The zero-order valence-corrected chi connectivity index (χ0v) is 15.0. The lowest BCUT2D eigenvalue weighted by Crippen LogP contribution is -2.09. The van der Waals surface area contributed by atoms with E-state index in [1.807, 2.05) is 58.2 Å². The van der Waals surface area contributed by atoms with Gasteiger partial charge in [0.15, 0.2) is 5.13 Å². The van der Waals surface area contributed by atoms with E-state index in [0.717, 1.165) is 32.6 Å². The first-order chi connectivity index (χ1) is 11.5. The average molecular weight is 340 g/mol. The first kappa shape index (κ1) is 16.4. The molecule has 0 spiro atoms. The number of hydrogen-bond donors (Lipinski definition) is 1. The number of ether oxygens (including phenoxy) is 1. The van der Waals surface area contributed by atoms with Crippen LogP contribution >= 0.6 is 11.3 Å². The summed E-state index contributed by atoms with van der Waals surface area (Å²) in [6.45, 7) is 7.95. The lowest BCUT2D eigenvalue weighted by molar-refractivity contribution is 0.230. The molecule has 24 heavy (non-hydrogen) atoms. The van der Waals surface area contributed by atoms with Crippen molar-refractivity contribution in [3.8, 4) is 16.5 Å². The Bertz CT molecular complexity index is 830. The van der Waals surface area contributed by atoms with Gasteiger partial charge in [0.2, 0.25) is 5.88 Å². The maximum atomic E-state index is 5.80. The van der Waals surface area contributed by atoms with Crippen LogP contribution < -0.4 is 10.1 Å². The molecule has 0 aromatic carbocycles. The maximum absolute atomic E-state index is 5.80. The number of pyridine rings is 2. The molecule has 0 saturated carbocycles. The zero-order valence-electron chi connectivity index (χ0n) is 14.2. The van der Waals surface area contributed by atoms with E-state index in [1.54, 1.807) is 17.5 Å². The summed E-state index contributed by atoms with van der Waals surface area (Å²) in [6.07, 6.45) is 3.71.